The molecular weight excluding hydrogens is 282 g/mol. The van der Waals surface area contributed by atoms with Crippen molar-refractivity contribution < 1.29 is 14.7 Å². The first-order valence-electron chi connectivity index (χ1n) is 7.29. The number of imidazole rings is 1. The van der Waals surface area contributed by atoms with Crippen LogP contribution in [-0.4, -0.2) is 32.4 Å². The summed E-state index contributed by atoms with van der Waals surface area (Å²) in [5.74, 6) is -1.26. The first-order chi connectivity index (χ1) is 10.3. The Bertz CT molecular complexity index is 719. The lowest BCUT2D eigenvalue weighted by Crippen LogP contribution is -2.42. The van der Waals surface area contributed by atoms with Gasteiger partial charge in [0.25, 0.3) is 5.91 Å². The summed E-state index contributed by atoms with van der Waals surface area (Å²) in [6, 6.07) is 2.85. The zero-order valence-electron chi connectivity index (χ0n) is 13.3. The molecule has 1 amide bonds. The third kappa shape index (κ3) is 3.10. The molecule has 22 heavy (non-hydrogen) atoms. The van der Waals surface area contributed by atoms with Crippen LogP contribution in [0, 0.1) is 19.8 Å². The molecule has 2 aromatic rings. The minimum Gasteiger partial charge on any atom is -0.480 e. The molecule has 0 bridgehead atoms. The monoisotopic (exact) mass is 303 g/mol. The summed E-state index contributed by atoms with van der Waals surface area (Å²) in [5.41, 5.74) is 2.64. The molecule has 6 nitrogen and oxygen atoms in total. The molecule has 0 spiro atoms. The van der Waals surface area contributed by atoms with Crippen molar-refractivity contribution in [3.63, 3.8) is 0 Å². The molecule has 1 atom stereocenters. The Morgan fingerprint density at radius 3 is 2.64 bits per heavy atom. The highest BCUT2D eigenvalue weighted by Gasteiger charge is 2.25. The van der Waals surface area contributed by atoms with Gasteiger partial charge in [-0.2, -0.15) is 0 Å². The second kappa shape index (κ2) is 6.17. The molecular formula is C16H21N3O3. The lowest BCUT2D eigenvalue weighted by Gasteiger charge is -2.16. The number of carbonyl (C=O) groups is 2. The number of pyridine rings is 1. The van der Waals surface area contributed by atoms with E-state index in [4.69, 9.17) is 0 Å². The van der Waals surface area contributed by atoms with Crippen LogP contribution in [0.4, 0.5) is 0 Å². The Labute approximate surface area is 129 Å². The number of amides is 1. The lowest BCUT2D eigenvalue weighted by molar-refractivity contribution is -0.139. The van der Waals surface area contributed by atoms with E-state index in [1.807, 2.05) is 32.9 Å². The van der Waals surface area contributed by atoms with Crippen molar-refractivity contribution in [1.29, 1.82) is 0 Å². The van der Waals surface area contributed by atoms with E-state index in [0.717, 1.165) is 5.56 Å². The third-order valence-electron chi connectivity index (χ3n) is 3.55. The first kappa shape index (κ1) is 16.0. The van der Waals surface area contributed by atoms with Crippen molar-refractivity contribution in [3.8, 4) is 0 Å². The van der Waals surface area contributed by atoms with Gasteiger partial charge in [-0.15, -0.1) is 0 Å². The van der Waals surface area contributed by atoms with Crippen LogP contribution < -0.4 is 5.32 Å². The highest BCUT2D eigenvalue weighted by molar-refractivity contribution is 5.97. The van der Waals surface area contributed by atoms with Crippen LogP contribution in [0.3, 0.4) is 0 Å². The summed E-state index contributed by atoms with van der Waals surface area (Å²) < 4.78 is 1.70. The highest BCUT2D eigenvalue weighted by Crippen LogP contribution is 2.16. The Balaban J connectivity index is 2.35. The van der Waals surface area contributed by atoms with Crippen LogP contribution in [0.5, 0.6) is 0 Å². The fourth-order valence-electron chi connectivity index (χ4n) is 2.51. The molecule has 0 aliphatic carbocycles. The summed E-state index contributed by atoms with van der Waals surface area (Å²) in [7, 11) is 0. The van der Waals surface area contributed by atoms with Crippen molar-refractivity contribution in [1.82, 2.24) is 14.7 Å². The van der Waals surface area contributed by atoms with Gasteiger partial charge in [-0.25, -0.2) is 9.78 Å². The largest absolute Gasteiger partial charge is 0.480 e. The van der Waals surface area contributed by atoms with Gasteiger partial charge < -0.3 is 10.4 Å². The molecule has 0 fully saturated rings. The molecule has 0 saturated heterocycles. The van der Waals surface area contributed by atoms with Crippen LogP contribution in [0.2, 0.25) is 0 Å². The van der Waals surface area contributed by atoms with Gasteiger partial charge in [0.05, 0.1) is 5.69 Å². The third-order valence-corrected chi connectivity index (χ3v) is 3.55. The van der Waals surface area contributed by atoms with Gasteiger partial charge in [0.15, 0.2) is 0 Å². The quantitative estimate of drug-likeness (QED) is 0.886. The maximum atomic E-state index is 12.5. The summed E-state index contributed by atoms with van der Waals surface area (Å²) in [4.78, 5) is 28.2. The highest BCUT2D eigenvalue weighted by atomic mass is 16.4. The van der Waals surface area contributed by atoms with E-state index in [1.54, 1.807) is 17.5 Å². The Kier molecular flexibility index (Phi) is 4.49. The van der Waals surface area contributed by atoms with Crippen LogP contribution in [0.1, 0.15) is 42.0 Å². The number of hydrogen-bond donors (Lipinski definition) is 2. The minimum atomic E-state index is -1.02. The Morgan fingerprint density at radius 2 is 2.05 bits per heavy atom. The number of carbonyl (C=O) groups excluding carboxylic acids is 1. The molecule has 0 aliphatic rings. The van der Waals surface area contributed by atoms with Gasteiger partial charge >= 0.3 is 5.97 Å². The molecule has 1 unspecified atom stereocenters. The second-order valence-electron chi connectivity index (χ2n) is 5.92. The van der Waals surface area contributed by atoms with Crippen LogP contribution >= 0.6 is 0 Å². The van der Waals surface area contributed by atoms with Gasteiger partial charge in [-0.1, -0.05) is 19.9 Å². The van der Waals surface area contributed by atoms with Crippen molar-refractivity contribution >= 4 is 17.5 Å². The van der Waals surface area contributed by atoms with E-state index >= 15 is 0 Å². The van der Waals surface area contributed by atoms with Crippen molar-refractivity contribution in [2.24, 2.45) is 5.92 Å². The van der Waals surface area contributed by atoms with Gasteiger partial charge in [-0.05, 0) is 37.8 Å². The van der Waals surface area contributed by atoms with E-state index in [9.17, 15) is 14.7 Å². The predicted octanol–water partition coefficient (Wildman–Crippen LogP) is 2.18. The van der Waals surface area contributed by atoms with Crippen molar-refractivity contribution in [3.05, 3.63) is 35.3 Å². The van der Waals surface area contributed by atoms with Crippen LogP contribution in [-0.2, 0) is 4.79 Å². The Morgan fingerprint density at radius 1 is 1.36 bits per heavy atom. The van der Waals surface area contributed by atoms with E-state index in [2.05, 4.69) is 10.3 Å². The lowest BCUT2D eigenvalue weighted by atomic mass is 10.0. The number of nitrogens with one attached hydrogen (secondary N) is 1. The Hall–Kier alpha value is -2.37. The summed E-state index contributed by atoms with van der Waals surface area (Å²) in [5, 5.41) is 11.9. The number of aromatic nitrogens is 2. The molecule has 0 aliphatic heterocycles. The molecule has 0 saturated carbocycles. The maximum absolute atomic E-state index is 12.5. The molecule has 2 N–H and O–H groups in total. The number of hydrogen-bond acceptors (Lipinski definition) is 3. The summed E-state index contributed by atoms with van der Waals surface area (Å²) in [6.45, 7) is 7.51. The zero-order valence-corrected chi connectivity index (χ0v) is 13.3. The minimum absolute atomic E-state index is 0.173. The SMILES string of the molecule is Cc1nc2c(C)cccn2c1C(=O)NC(CC(C)C)C(=O)O. The summed E-state index contributed by atoms with van der Waals surface area (Å²) in [6.07, 6.45) is 2.14. The second-order valence-corrected chi connectivity index (χ2v) is 5.92. The molecule has 2 aromatic heterocycles. The predicted molar refractivity (Wildman–Crippen MR) is 83.0 cm³/mol. The van der Waals surface area contributed by atoms with Gasteiger partial charge in [0.1, 0.15) is 17.4 Å². The fraction of sp³-hybridized carbons (Fsp3) is 0.438. The first-order valence-corrected chi connectivity index (χ1v) is 7.29. The molecule has 118 valence electrons. The van der Waals surface area contributed by atoms with Gasteiger partial charge in [0, 0.05) is 6.20 Å². The molecule has 6 heteroatoms. The number of carboxylic acid groups (broad SMARTS) is 1. The summed E-state index contributed by atoms with van der Waals surface area (Å²) >= 11 is 0. The van der Waals surface area contributed by atoms with Crippen molar-refractivity contribution in [2.75, 3.05) is 0 Å². The number of aryl methyl sites for hydroxylation is 2. The average molecular weight is 303 g/mol. The fourth-order valence-corrected chi connectivity index (χ4v) is 2.51. The van der Waals surface area contributed by atoms with Crippen LogP contribution in [0.25, 0.3) is 5.65 Å². The molecule has 2 rings (SSSR count). The number of aliphatic carboxylic acids is 1. The van der Waals surface area contributed by atoms with E-state index in [-0.39, 0.29) is 5.92 Å². The number of nitrogens with zero attached hydrogens (tertiary/aromatic N) is 2. The van der Waals surface area contributed by atoms with E-state index in [0.29, 0.717) is 23.5 Å². The molecule has 0 aromatic carbocycles. The number of carboxylic acids is 1. The van der Waals surface area contributed by atoms with Gasteiger partial charge in [0.2, 0.25) is 0 Å². The maximum Gasteiger partial charge on any atom is 0.326 e. The van der Waals surface area contributed by atoms with Crippen molar-refractivity contribution in [2.45, 2.75) is 40.2 Å². The van der Waals surface area contributed by atoms with E-state index < -0.39 is 17.9 Å². The molecule has 2 heterocycles. The smallest absolute Gasteiger partial charge is 0.326 e. The standard InChI is InChI=1S/C16H21N3O3/c1-9(2)8-12(16(21)22)18-15(20)13-11(4)17-14-10(3)6-5-7-19(13)14/h5-7,9,12H,8H2,1-4H3,(H,18,20)(H,21,22). The van der Waals surface area contributed by atoms with E-state index in [1.165, 1.54) is 0 Å². The van der Waals surface area contributed by atoms with Gasteiger partial charge in [-0.3, -0.25) is 9.20 Å². The molecule has 0 radical (unpaired) electrons. The zero-order chi connectivity index (χ0) is 16.4. The normalized spacial score (nSPS) is 12.6. The number of rotatable bonds is 5. The number of fused-ring (bicyclic) bond motifs is 1. The topological polar surface area (TPSA) is 83.7 Å². The van der Waals surface area contributed by atoms with Crippen LogP contribution in [0.15, 0.2) is 18.3 Å². The average Bonchev–Trinajstić information content (AvgIpc) is 2.75.